The quantitative estimate of drug-likeness (QED) is 0.342. The Labute approximate surface area is 123 Å². The molecule has 0 unspecified atom stereocenters. The summed E-state index contributed by atoms with van der Waals surface area (Å²) in [7, 11) is 0. The van der Waals surface area contributed by atoms with E-state index in [9.17, 15) is 5.11 Å². The third kappa shape index (κ3) is 3.19. The minimum atomic E-state index is -0.246. The molecule has 1 heterocycles. The van der Waals surface area contributed by atoms with Crippen LogP contribution in [0.15, 0.2) is 29.4 Å². The van der Waals surface area contributed by atoms with Crippen molar-refractivity contribution < 1.29 is 10.3 Å². The first kappa shape index (κ1) is 15.0. The highest BCUT2D eigenvalue weighted by molar-refractivity contribution is 8.00. The lowest BCUT2D eigenvalue weighted by Crippen LogP contribution is -2.49. The number of likely N-dealkylation sites (tertiary alicyclic amines) is 1. The molecule has 1 aromatic carbocycles. The summed E-state index contributed by atoms with van der Waals surface area (Å²) in [6, 6.07) is 7.34. The van der Waals surface area contributed by atoms with Crippen molar-refractivity contribution in [3.63, 3.8) is 0 Å². The number of nitrogens with two attached hydrogens (primary N) is 1. The largest absolute Gasteiger partial charge is 0.508 e. The highest BCUT2D eigenvalue weighted by Gasteiger charge is 2.38. The number of phenolic OH excluding ortho intramolecular Hbond substituents is 1. The van der Waals surface area contributed by atoms with E-state index >= 15 is 0 Å². The van der Waals surface area contributed by atoms with Crippen molar-refractivity contribution >= 4 is 17.6 Å². The fourth-order valence-corrected chi connectivity index (χ4v) is 3.48. The summed E-state index contributed by atoms with van der Waals surface area (Å²) in [5, 5.41) is 21.6. The van der Waals surface area contributed by atoms with Crippen LogP contribution in [0.2, 0.25) is 0 Å². The maximum absolute atomic E-state index is 9.49. The number of oxime groups is 1. The zero-order valence-electron chi connectivity index (χ0n) is 11.6. The number of phenols is 1. The van der Waals surface area contributed by atoms with Gasteiger partial charge in [-0.05, 0) is 36.8 Å². The summed E-state index contributed by atoms with van der Waals surface area (Å²) < 4.78 is -0.246. The van der Waals surface area contributed by atoms with Gasteiger partial charge >= 0.3 is 0 Å². The minimum Gasteiger partial charge on any atom is -0.508 e. The number of benzene rings is 1. The summed E-state index contributed by atoms with van der Waals surface area (Å²) >= 11 is 1.65. The van der Waals surface area contributed by atoms with E-state index in [2.05, 4.69) is 10.1 Å². The highest BCUT2D eigenvalue weighted by atomic mass is 32.2. The topological polar surface area (TPSA) is 82.1 Å². The molecule has 0 spiro atoms. The van der Waals surface area contributed by atoms with Gasteiger partial charge in [0.2, 0.25) is 0 Å². The fraction of sp³-hybridized carbons (Fsp3) is 0.500. The second-order valence-electron chi connectivity index (χ2n) is 5.13. The molecule has 0 aliphatic carbocycles. The van der Waals surface area contributed by atoms with Crippen molar-refractivity contribution in [1.82, 2.24) is 4.90 Å². The third-order valence-corrected chi connectivity index (χ3v) is 5.34. The van der Waals surface area contributed by atoms with Crippen molar-refractivity contribution in [2.75, 3.05) is 19.3 Å². The number of aromatic hydroxyl groups is 1. The Morgan fingerprint density at radius 3 is 2.70 bits per heavy atom. The first-order valence-corrected chi connectivity index (χ1v) is 7.85. The molecule has 1 aliphatic rings. The van der Waals surface area contributed by atoms with Crippen LogP contribution in [0.5, 0.6) is 5.75 Å². The average Bonchev–Trinajstić information content (AvgIpc) is 2.47. The van der Waals surface area contributed by atoms with Crippen LogP contribution in [0.4, 0.5) is 0 Å². The second kappa shape index (κ2) is 6.37. The molecule has 0 saturated carbocycles. The summed E-state index contributed by atoms with van der Waals surface area (Å²) in [5.74, 6) is 0.622. The molecule has 4 N–H and O–H groups in total. The number of piperidine rings is 1. The molecule has 1 saturated heterocycles. The number of hydrogen-bond donors (Lipinski definition) is 3. The summed E-state index contributed by atoms with van der Waals surface area (Å²) in [5.41, 5.74) is 6.94. The van der Waals surface area contributed by atoms with Gasteiger partial charge in [0.25, 0.3) is 0 Å². The predicted octanol–water partition coefficient (Wildman–Crippen LogP) is 1.84. The maximum atomic E-state index is 9.49. The molecule has 0 atom stereocenters. The van der Waals surface area contributed by atoms with E-state index in [1.54, 1.807) is 23.9 Å². The monoisotopic (exact) mass is 295 g/mol. The van der Waals surface area contributed by atoms with Crippen LogP contribution in [0.1, 0.15) is 18.4 Å². The molecule has 0 bridgehead atoms. The van der Waals surface area contributed by atoms with Crippen molar-refractivity contribution in [2.24, 2.45) is 10.9 Å². The summed E-state index contributed by atoms with van der Waals surface area (Å²) in [6.07, 6.45) is 3.73. The van der Waals surface area contributed by atoms with Crippen molar-refractivity contribution in [2.45, 2.75) is 24.1 Å². The smallest absolute Gasteiger partial charge is 0.155 e. The van der Waals surface area contributed by atoms with E-state index in [-0.39, 0.29) is 4.75 Å². The molecule has 1 aliphatic heterocycles. The van der Waals surface area contributed by atoms with Gasteiger partial charge in [0.15, 0.2) is 5.84 Å². The molecule has 110 valence electrons. The number of nitrogens with zero attached hydrogens (tertiary/aromatic N) is 2. The maximum Gasteiger partial charge on any atom is 0.155 e. The molecule has 5 nitrogen and oxygen atoms in total. The minimum absolute atomic E-state index is 0.246. The van der Waals surface area contributed by atoms with Gasteiger partial charge < -0.3 is 16.0 Å². The highest BCUT2D eigenvalue weighted by Crippen LogP contribution is 2.35. The van der Waals surface area contributed by atoms with Crippen LogP contribution in [0.3, 0.4) is 0 Å². The standard InChI is InChI=1S/C14H21N3O2S/c1-20-14(13(15)16-19)5-7-17(8-6-14)10-11-3-2-4-12(18)9-11/h2-4,9,18-19H,5-8,10H2,1H3,(H2,15,16). The van der Waals surface area contributed by atoms with Gasteiger partial charge in [0, 0.05) is 19.6 Å². The molecule has 20 heavy (non-hydrogen) atoms. The zero-order valence-corrected chi connectivity index (χ0v) is 12.4. The van der Waals surface area contributed by atoms with Crippen LogP contribution in [-0.4, -0.2) is 45.1 Å². The molecule has 0 amide bonds. The summed E-state index contributed by atoms with van der Waals surface area (Å²) in [6.45, 7) is 2.61. The van der Waals surface area contributed by atoms with E-state index in [1.165, 1.54) is 0 Å². The van der Waals surface area contributed by atoms with Gasteiger partial charge in [0.1, 0.15) is 5.75 Å². The molecule has 2 rings (SSSR count). The van der Waals surface area contributed by atoms with Gasteiger partial charge in [-0.15, -0.1) is 0 Å². The van der Waals surface area contributed by atoms with Gasteiger partial charge in [-0.25, -0.2) is 0 Å². The van der Waals surface area contributed by atoms with E-state index < -0.39 is 0 Å². The van der Waals surface area contributed by atoms with Crippen LogP contribution in [0.25, 0.3) is 0 Å². The van der Waals surface area contributed by atoms with E-state index in [0.717, 1.165) is 38.0 Å². The Kier molecular flexibility index (Phi) is 4.77. The number of rotatable bonds is 4. The lowest BCUT2D eigenvalue weighted by molar-refractivity contribution is 0.209. The van der Waals surface area contributed by atoms with E-state index in [0.29, 0.717) is 11.6 Å². The van der Waals surface area contributed by atoms with Crippen molar-refractivity contribution in [1.29, 1.82) is 0 Å². The van der Waals surface area contributed by atoms with Crippen LogP contribution < -0.4 is 5.73 Å². The lowest BCUT2D eigenvalue weighted by atomic mass is 9.94. The molecule has 0 radical (unpaired) electrons. The van der Waals surface area contributed by atoms with Crippen molar-refractivity contribution in [3.05, 3.63) is 29.8 Å². The fourth-order valence-electron chi connectivity index (χ4n) is 2.64. The van der Waals surface area contributed by atoms with E-state index in [4.69, 9.17) is 10.9 Å². The Hall–Kier alpha value is -1.40. The van der Waals surface area contributed by atoms with Gasteiger partial charge in [-0.1, -0.05) is 17.3 Å². The van der Waals surface area contributed by atoms with Crippen LogP contribution in [-0.2, 0) is 6.54 Å². The number of amidine groups is 1. The molecule has 0 aromatic heterocycles. The normalized spacial score (nSPS) is 19.9. The van der Waals surface area contributed by atoms with Gasteiger partial charge in [-0.3, -0.25) is 4.90 Å². The first-order chi connectivity index (χ1) is 9.59. The lowest BCUT2D eigenvalue weighted by Gasteiger charge is -2.39. The Morgan fingerprint density at radius 2 is 2.15 bits per heavy atom. The van der Waals surface area contributed by atoms with Crippen molar-refractivity contribution in [3.8, 4) is 5.75 Å². The first-order valence-electron chi connectivity index (χ1n) is 6.63. The second-order valence-corrected chi connectivity index (χ2v) is 6.32. The Bertz CT molecular complexity index is 485. The summed E-state index contributed by atoms with van der Waals surface area (Å²) in [4.78, 5) is 2.33. The van der Waals surface area contributed by atoms with Gasteiger partial charge in [0.05, 0.1) is 4.75 Å². The average molecular weight is 295 g/mol. The Morgan fingerprint density at radius 1 is 1.45 bits per heavy atom. The molecule has 1 fully saturated rings. The third-order valence-electron chi connectivity index (χ3n) is 3.95. The number of hydrogen-bond acceptors (Lipinski definition) is 5. The Balaban J connectivity index is 1.97. The van der Waals surface area contributed by atoms with Crippen LogP contribution >= 0.6 is 11.8 Å². The SMILES string of the molecule is CSC1(/C(N)=N/O)CCN(Cc2cccc(O)c2)CC1. The molecular weight excluding hydrogens is 274 g/mol. The molecular formula is C14H21N3O2S. The van der Waals surface area contributed by atoms with Crippen LogP contribution in [0, 0.1) is 0 Å². The zero-order chi connectivity index (χ0) is 14.6. The predicted molar refractivity (Wildman–Crippen MR) is 82.3 cm³/mol. The molecule has 1 aromatic rings. The molecule has 6 heteroatoms. The van der Waals surface area contributed by atoms with Gasteiger partial charge in [-0.2, -0.15) is 11.8 Å². The number of thioether (sulfide) groups is 1. The van der Waals surface area contributed by atoms with E-state index in [1.807, 2.05) is 18.4 Å².